The smallest absolute Gasteiger partial charge is 0.328 e. The monoisotopic (exact) mass is 620 g/mol. The summed E-state index contributed by atoms with van der Waals surface area (Å²) in [7, 11) is 2.45. The van der Waals surface area contributed by atoms with E-state index in [9.17, 15) is 28.8 Å². The van der Waals surface area contributed by atoms with Crippen LogP contribution in [0.2, 0.25) is 0 Å². The average Bonchev–Trinajstić information content (AvgIpc) is 2.86. The number of hydrogen-bond acceptors (Lipinski definition) is 10. The highest BCUT2D eigenvalue weighted by Crippen LogP contribution is 2.17. The molecule has 0 unspecified atom stereocenters. The molecule has 252 valence electrons. The Labute approximate surface area is 256 Å². The number of methoxy groups -OCH3 is 2. The van der Waals surface area contributed by atoms with Gasteiger partial charge >= 0.3 is 23.9 Å². The highest BCUT2D eigenvalue weighted by molar-refractivity contribution is 5.90. The molecule has 0 saturated carbocycles. The second-order valence-electron chi connectivity index (χ2n) is 12.6. The first kappa shape index (κ1) is 44.2. The van der Waals surface area contributed by atoms with Crippen LogP contribution in [0, 0.1) is 10.8 Å². The lowest BCUT2D eigenvalue weighted by atomic mass is 9.92. The standard InChI is InChI=1S/C15H28N2O5.C9H16N2O5.C5H12/c1-6-10(14(21)22-5)17-13(20)11(9-12(18)19)16-8-7-15(2,3)4;1-3-6(9(15)16-2)11-8(14)5(10)4-7(12)13;1-5(2,3)4/h10-11,16H,6-9H2,1-5H3,(H,17,20)(H,18,19);5-6H,3-4,10H2,1-2H3,(H,11,14)(H,12,13);1-4H3/t10-,11-;5-,6-;/m00./s1. The third-order valence-electron chi connectivity index (χ3n) is 5.11. The van der Waals surface area contributed by atoms with E-state index in [1.54, 1.807) is 13.8 Å². The van der Waals surface area contributed by atoms with Gasteiger partial charge in [0.15, 0.2) is 0 Å². The van der Waals surface area contributed by atoms with Crippen LogP contribution >= 0.6 is 0 Å². The molecule has 0 aliphatic carbocycles. The van der Waals surface area contributed by atoms with Crippen molar-refractivity contribution in [2.24, 2.45) is 16.6 Å². The van der Waals surface area contributed by atoms with E-state index in [0.29, 0.717) is 24.8 Å². The second-order valence-corrected chi connectivity index (χ2v) is 12.6. The highest BCUT2D eigenvalue weighted by atomic mass is 16.5. The summed E-state index contributed by atoms with van der Waals surface area (Å²) in [5.41, 5.74) is 5.90. The van der Waals surface area contributed by atoms with Crippen LogP contribution in [0.25, 0.3) is 0 Å². The van der Waals surface area contributed by atoms with Crippen LogP contribution in [0.5, 0.6) is 0 Å². The number of carbonyl (C=O) groups is 6. The summed E-state index contributed by atoms with van der Waals surface area (Å²) in [6.07, 6.45) is 0.694. The van der Waals surface area contributed by atoms with E-state index < -0.39 is 66.3 Å². The number of amides is 2. The van der Waals surface area contributed by atoms with Crippen molar-refractivity contribution >= 4 is 35.7 Å². The molecular weight excluding hydrogens is 564 g/mol. The van der Waals surface area contributed by atoms with Crippen LogP contribution in [-0.2, 0) is 38.2 Å². The first-order valence-corrected chi connectivity index (χ1v) is 14.2. The van der Waals surface area contributed by atoms with Gasteiger partial charge in [0.25, 0.3) is 0 Å². The van der Waals surface area contributed by atoms with E-state index in [1.807, 2.05) is 0 Å². The minimum Gasteiger partial charge on any atom is -0.481 e. The van der Waals surface area contributed by atoms with Crippen LogP contribution in [0.1, 0.15) is 94.4 Å². The number of aliphatic carboxylic acids is 2. The third-order valence-corrected chi connectivity index (χ3v) is 5.11. The molecule has 0 rings (SSSR count). The Morgan fingerprint density at radius 2 is 1.07 bits per heavy atom. The van der Waals surface area contributed by atoms with Gasteiger partial charge in [-0.05, 0) is 36.6 Å². The van der Waals surface area contributed by atoms with Gasteiger partial charge in [-0.2, -0.15) is 0 Å². The zero-order valence-electron chi connectivity index (χ0n) is 27.8. The van der Waals surface area contributed by atoms with Crippen LogP contribution in [0.3, 0.4) is 0 Å². The third kappa shape index (κ3) is 27.3. The largest absolute Gasteiger partial charge is 0.481 e. The molecule has 0 aromatic rings. The molecule has 0 bridgehead atoms. The molecule has 0 aromatic carbocycles. The van der Waals surface area contributed by atoms with Crippen LogP contribution in [0.15, 0.2) is 0 Å². The summed E-state index contributed by atoms with van der Waals surface area (Å²) >= 11 is 0. The Morgan fingerprint density at radius 1 is 0.698 bits per heavy atom. The summed E-state index contributed by atoms with van der Waals surface area (Å²) in [5.74, 6) is -4.56. The maximum absolute atomic E-state index is 12.2. The molecule has 2 amide bonds. The first-order chi connectivity index (χ1) is 19.5. The van der Waals surface area contributed by atoms with E-state index >= 15 is 0 Å². The minimum absolute atomic E-state index is 0.0786. The quantitative estimate of drug-likeness (QED) is 0.144. The maximum atomic E-state index is 12.2. The van der Waals surface area contributed by atoms with Gasteiger partial charge in [-0.1, -0.05) is 62.3 Å². The Hall–Kier alpha value is -3.26. The van der Waals surface area contributed by atoms with Crippen LogP contribution in [0.4, 0.5) is 0 Å². The fourth-order valence-corrected chi connectivity index (χ4v) is 2.83. The fraction of sp³-hybridized carbons (Fsp3) is 0.793. The van der Waals surface area contributed by atoms with Crippen molar-refractivity contribution in [3.8, 4) is 0 Å². The van der Waals surface area contributed by atoms with Gasteiger partial charge in [0.2, 0.25) is 11.8 Å². The van der Waals surface area contributed by atoms with Crippen molar-refractivity contribution in [3.63, 3.8) is 0 Å². The number of carboxylic acid groups (broad SMARTS) is 2. The summed E-state index contributed by atoms with van der Waals surface area (Å²) in [6.45, 7) is 18.9. The number of nitrogens with one attached hydrogen (secondary N) is 3. The van der Waals surface area contributed by atoms with Gasteiger partial charge in [-0.15, -0.1) is 0 Å². The number of esters is 2. The van der Waals surface area contributed by atoms with Crippen molar-refractivity contribution in [1.29, 1.82) is 0 Å². The molecule has 0 saturated heterocycles. The molecule has 0 aliphatic heterocycles. The molecule has 14 heteroatoms. The number of rotatable bonds is 15. The second kappa shape index (κ2) is 22.3. The van der Waals surface area contributed by atoms with Gasteiger partial charge in [0.1, 0.15) is 12.1 Å². The SMILES string of the molecule is CC(C)(C)C.CC[C@H](NC(=O)[C@@H](N)CC(=O)O)C(=O)OC.CC[C@H](NC(=O)[C@H](CC(=O)O)NCCC(C)(C)C)C(=O)OC. The summed E-state index contributed by atoms with van der Waals surface area (Å²) in [6, 6.07) is -3.61. The van der Waals surface area contributed by atoms with Gasteiger partial charge in [-0.25, -0.2) is 9.59 Å². The molecule has 0 fully saturated rings. The summed E-state index contributed by atoms with van der Waals surface area (Å²) in [4.78, 5) is 67.4. The van der Waals surface area contributed by atoms with Gasteiger partial charge in [0.05, 0.1) is 39.1 Å². The van der Waals surface area contributed by atoms with Crippen molar-refractivity contribution < 1.29 is 48.5 Å². The van der Waals surface area contributed by atoms with E-state index in [1.165, 1.54) is 14.2 Å². The van der Waals surface area contributed by atoms with E-state index in [2.05, 4.69) is 73.9 Å². The van der Waals surface area contributed by atoms with Crippen molar-refractivity contribution in [3.05, 3.63) is 0 Å². The Morgan fingerprint density at radius 3 is 1.37 bits per heavy atom. The normalized spacial score (nSPS) is 13.7. The van der Waals surface area contributed by atoms with Crippen LogP contribution in [-0.4, -0.2) is 90.8 Å². The number of hydrogen-bond donors (Lipinski definition) is 6. The van der Waals surface area contributed by atoms with Gasteiger partial charge in [0, 0.05) is 0 Å². The van der Waals surface area contributed by atoms with Gasteiger partial charge < -0.3 is 41.4 Å². The zero-order valence-corrected chi connectivity index (χ0v) is 27.8. The van der Waals surface area contributed by atoms with Crippen molar-refractivity contribution in [2.45, 2.75) is 119 Å². The molecule has 0 heterocycles. The zero-order chi connectivity index (χ0) is 34.6. The predicted molar refractivity (Wildman–Crippen MR) is 162 cm³/mol. The summed E-state index contributed by atoms with van der Waals surface area (Å²) in [5, 5.41) is 25.2. The topological polar surface area (TPSA) is 223 Å². The Bertz CT molecular complexity index is 875. The molecule has 0 aromatic heterocycles. The Kier molecular flexibility index (Phi) is 22.9. The predicted octanol–water partition coefficient (Wildman–Crippen LogP) is 1.83. The molecule has 4 atom stereocenters. The maximum Gasteiger partial charge on any atom is 0.328 e. The van der Waals surface area contributed by atoms with Crippen molar-refractivity contribution in [2.75, 3.05) is 20.8 Å². The van der Waals surface area contributed by atoms with Crippen LogP contribution < -0.4 is 21.7 Å². The van der Waals surface area contributed by atoms with E-state index in [0.717, 1.165) is 6.42 Å². The van der Waals surface area contributed by atoms with E-state index in [4.69, 9.17) is 15.9 Å². The number of nitrogens with two attached hydrogens (primary N) is 1. The first-order valence-electron chi connectivity index (χ1n) is 14.2. The average molecular weight is 621 g/mol. The molecule has 7 N–H and O–H groups in total. The number of ether oxygens (including phenoxy) is 2. The lowest BCUT2D eigenvalue weighted by Gasteiger charge is -2.23. The molecule has 0 spiro atoms. The fourth-order valence-electron chi connectivity index (χ4n) is 2.83. The molecular formula is C29H56N4O10. The molecule has 0 radical (unpaired) electrons. The summed E-state index contributed by atoms with van der Waals surface area (Å²) < 4.78 is 9.05. The molecule has 14 nitrogen and oxygen atoms in total. The number of carboxylic acids is 2. The minimum atomic E-state index is -1.17. The number of carbonyl (C=O) groups excluding carboxylic acids is 4. The lowest BCUT2D eigenvalue weighted by Crippen LogP contribution is -2.51. The molecule has 43 heavy (non-hydrogen) atoms. The van der Waals surface area contributed by atoms with Crippen molar-refractivity contribution in [1.82, 2.24) is 16.0 Å². The van der Waals surface area contributed by atoms with E-state index in [-0.39, 0.29) is 11.8 Å². The molecule has 0 aliphatic rings. The lowest BCUT2D eigenvalue weighted by molar-refractivity contribution is -0.146. The van der Waals surface area contributed by atoms with Gasteiger partial charge in [-0.3, -0.25) is 19.2 Å². The highest BCUT2D eigenvalue weighted by Gasteiger charge is 2.27. The Balaban J connectivity index is -0.000000664.